The molecular formula is C21H32N4O2S. The maximum Gasteiger partial charge on any atom is 0.211 e. The average molecular weight is 405 g/mol. The molecule has 2 saturated heterocycles. The molecule has 0 aliphatic carbocycles. The van der Waals surface area contributed by atoms with Gasteiger partial charge in [-0.05, 0) is 81.8 Å². The van der Waals surface area contributed by atoms with E-state index in [2.05, 4.69) is 35.4 Å². The molecule has 0 saturated carbocycles. The van der Waals surface area contributed by atoms with Crippen LogP contribution in [-0.2, 0) is 23.1 Å². The Morgan fingerprint density at radius 2 is 1.68 bits per heavy atom. The van der Waals surface area contributed by atoms with E-state index in [9.17, 15) is 8.42 Å². The van der Waals surface area contributed by atoms with Gasteiger partial charge >= 0.3 is 0 Å². The summed E-state index contributed by atoms with van der Waals surface area (Å²) in [5.41, 5.74) is 4.90. The molecule has 0 atom stereocenters. The minimum atomic E-state index is -3.07. The summed E-state index contributed by atoms with van der Waals surface area (Å²) in [7, 11) is -3.07. The second kappa shape index (κ2) is 7.76. The van der Waals surface area contributed by atoms with E-state index in [0.29, 0.717) is 19.0 Å². The molecule has 0 bridgehead atoms. The summed E-state index contributed by atoms with van der Waals surface area (Å²) in [5.74, 6) is 1.65. The minimum Gasteiger partial charge on any atom is -0.327 e. The van der Waals surface area contributed by atoms with Gasteiger partial charge in [0, 0.05) is 19.6 Å². The fourth-order valence-corrected chi connectivity index (χ4v) is 5.45. The van der Waals surface area contributed by atoms with Gasteiger partial charge in [0.15, 0.2) is 0 Å². The van der Waals surface area contributed by atoms with Crippen LogP contribution in [0.3, 0.4) is 0 Å². The lowest BCUT2D eigenvalue weighted by molar-refractivity contribution is 0.249. The van der Waals surface area contributed by atoms with Crippen LogP contribution in [-0.4, -0.2) is 59.6 Å². The van der Waals surface area contributed by atoms with Gasteiger partial charge in [0.1, 0.15) is 5.82 Å². The summed E-state index contributed by atoms with van der Waals surface area (Å²) >= 11 is 0. The van der Waals surface area contributed by atoms with Gasteiger partial charge in [-0.25, -0.2) is 17.7 Å². The minimum absolute atomic E-state index is 0.495. The molecule has 2 aliphatic heterocycles. The third kappa shape index (κ3) is 4.11. The van der Waals surface area contributed by atoms with Crippen LogP contribution in [0, 0.1) is 19.8 Å². The number of aryl methyl sites for hydroxylation is 2. The van der Waals surface area contributed by atoms with Gasteiger partial charge in [0.25, 0.3) is 0 Å². The Morgan fingerprint density at radius 1 is 1.04 bits per heavy atom. The summed E-state index contributed by atoms with van der Waals surface area (Å²) in [4.78, 5) is 7.52. The number of sulfonamides is 1. The highest BCUT2D eigenvalue weighted by molar-refractivity contribution is 7.88. The molecule has 2 aliphatic rings. The van der Waals surface area contributed by atoms with Crippen molar-refractivity contribution < 1.29 is 8.42 Å². The van der Waals surface area contributed by atoms with E-state index in [0.717, 1.165) is 50.4 Å². The van der Waals surface area contributed by atoms with Crippen molar-refractivity contribution in [3.05, 3.63) is 29.1 Å². The zero-order valence-corrected chi connectivity index (χ0v) is 18.1. The molecule has 1 aromatic carbocycles. The third-order valence-corrected chi connectivity index (χ3v) is 7.79. The molecule has 4 rings (SSSR count). The molecule has 3 heterocycles. The second-order valence-electron chi connectivity index (χ2n) is 8.65. The number of hydrogen-bond donors (Lipinski definition) is 0. The van der Waals surface area contributed by atoms with E-state index in [1.807, 2.05) is 0 Å². The molecular weight excluding hydrogens is 372 g/mol. The number of rotatable bonds is 5. The van der Waals surface area contributed by atoms with Crippen LogP contribution >= 0.6 is 0 Å². The lowest BCUT2D eigenvalue weighted by Gasteiger charge is -2.31. The van der Waals surface area contributed by atoms with E-state index >= 15 is 0 Å². The highest BCUT2D eigenvalue weighted by atomic mass is 32.2. The number of piperidine rings is 1. The summed E-state index contributed by atoms with van der Waals surface area (Å²) in [5, 5.41) is 0. The molecule has 0 radical (unpaired) electrons. The van der Waals surface area contributed by atoms with Crippen LogP contribution in [0.15, 0.2) is 12.1 Å². The predicted molar refractivity (Wildman–Crippen MR) is 113 cm³/mol. The maximum absolute atomic E-state index is 11.8. The van der Waals surface area contributed by atoms with Crippen LogP contribution in [0.25, 0.3) is 11.0 Å². The SMILES string of the molecule is Cc1cc2nc(CN3CCCC3)n(CC3CCN(S(C)(=O)=O)CC3)c2cc1C. The molecule has 28 heavy (non-hydrogen) atoms. The standard InChI is InChI=1S/C21H32N4O2S/c1-16-12-19-20(13-17(16)2)25(21(22-19)15-23-8-4-5-9-23)14-18-6-10-24(11-7-18)28(3,26)27/h12-13,18H,4-11,14-15H2,1-3H3. The van der Waals surface area contributed by atoms with Gasteiger partial charge in [-0.2, -0.15) is 0 Å². The Bertz CT molecular complexity index is 952. The van der Waals surface area contributed by atoms with Crippen molar-refractivity contribution in [3.8, 4) is 0 Å². The number of fused-ring (bicyclic) bond motifs is 1. The molecule has 6 nitrogen and oxygen atoms in total. The van der Waals surface area contributed by atoms with Crippen LogP contribution in [0.4, 0.5) is 0 Å². The van der Waals surface area contributed by atoms with Crippen molar-refractivity contribution in [3.63, 3.8) is 0 Å². The number of imidazole rings is 1. The van der Waals surface area contributed by atoms with Crippen molar-refractivity contribution in [1.82, 2.24) is 18.8 Å². The normalized spacial score (nSPS) is 20.4. The molecule has 2 fully saturated rings. The Labute approximate surface area is 168 Å². The number of hydrogen-bond acceptors (Lipinski definition) is 4. The van der Waals surface area contributed by atoms with Crippen LogP contribution in [0.1, 0.15) is 42.6 Å². The summed E-state index contributed by atoms with van der Waals surface area (Å²) in [6.07, 6.45) is 5.71. The third-order valence-electron chi connectivity index (χ3n) is 6.49. The highest BCUT2D eigenvalue weighted by Gasteiger charge is 2.26. The Kier molecular flexibility index (Phi) is 5.51. The first-order valence-electron chi connectivity index (χ1n) is 10.4. The summed E-state index contributed by atoms with van der Waals surface area (Å²) in [6, 6.07) is 4.48. The molecule has 0 unspecified atom stereocenters. The summed E-state index contributed by atoms with van der Waals surface area (Å²) < 4.78 is 27.7. The first kappa shape index (κ1) is 19.9. The van der Waals surface area contributed by atoms with E-state index in [-0.39, 0.29) is 0 Å². The largest absolute Gasteiger partial charge is 0.327 e. The lowest BCUT2D eigenvalue weighted by Crippen LogP contribution is -2.38. The number of likely N-dealkylation sites (tertiary alicyclic amines) is 1. The lowest BCUT2D eigenvalue weighted by atomic mass is 9.98. The van der Waals surface area contributed by atoms with Gasteiger partial charge < -0.3 is 4.57 Å². The smallest absolute Gasteiger partial charge is 0.211 e. The Hall–Kier alpha value is -1.44. The predicted octanol–water partition coefficient (Wildman–Crippen LogP) is 2.92. The first-order valence-corrected chi connectivity index (χ1v) is 12.3. The Balaban J connectivity index is 1.60. The van der Waals surface area contributed by atoms with Crippen molar-refractivity contribution >= 4 is 21.1 Å². The number of aromatic nitrogens is 2. The molecule has 0 amide bonds. The maximum atomic E-state index is 11.8. The number of nitrogens with zero attached hydrogens (tertiary/aromatic N) is 4. The average Bonchev–Trinajstić information content (AvgIpc) is 3.25. The van der Waals surface area contributed by atoms with Crippen LogP contribution < -0.4 is 0 Å². The van der Waals surface area contributed by atoms with E-state index in [1.54, 1.807) is 4.31 Å². The molecule has 0 spiro atoms. The Morgan fingerprint density at radius 3 is 2.32 bits per heavy atom. The van der Waals surface area contributed by atoms with Gasteiger partial charge in [-0.1, -0.05) is 0 Å². The summed E-state index contributed by atoms with van der Waals surface area (Å²) in [6.45, 7) is 9.74. The quantitative estimate of drug-likeness (QED) is 0.769. The fraction of sp³-hybridized carbons (Fsp3) is 0.667. The van der Waals surface area contributed by atoms with Crippen molar-refractivity contribution in [1.29, 1.82) is 0 Å². The molecule has 1 aromatic heterocycles. The van der Waals surface area contributed by atoms with E-state index in [4.69, 9.17) is 4.98 Å². The molecule has 2 aromatic rings. The second-order valence-corrected chi connectivity index (χ2v) is 10.6. The molecule has 0 N–H and O–H groups in total. The monoisotopic (exact) mass is 404 g/mol. The van der Waals surface area contributed by atoms with Crippen molar-refractivity contribution in [2.45, 2.75) is 52.6 Å². The van der Waals surface area contributed by atoms with Gasteiger partial charge in [-0.3, -0.25) is 4.90 Å². The van der Waals surface area contributed by atoms with Crippen molar-refractivity contribution in [2.75, 3.05) is 32.4 Å². The molecule has 154 valence electrons. The number of benzene rings is 1. The van der Waals surface area contributed by atoms with Gasteiger partial charge in [-0.15, -0.1) is 0 Å². The highest BCUT2D eigenvalue weighted by Crippen LogP contribution is 2.27. The van der Waals surface area contributed by atoms with Gasteiger partial charge in [0.05, 0.1) is 23.8 Å². The van der Waals surface area contributed by atoms with Crippen LogP contribution in [0.5, 0.6) is 0 Å². The van der Waals surface area contributed by atoms with E-state index in [1.165, 1.54) is 35.7 Å². The van der Waals surface area contributed by atoms with Gasteiger partial charge in [0.2, 0.25) is 10.0 Å². The van der Waals surface area contributed by atoms with E-state index < -0.39 is 10.0 Å². The fourth-order valence-electron chi connectivity index (χ4n) is 4.58. The van der Waals surface area contributed by atoms with Crippen molar-refractivity contribution in [2.24, 2.45) is 5.92 Å². The zero-order valence-electron chi connectivity index (χ0n) is 17.3. The van der Waals surface area contributed by atoms with Crippen LogP contribution in [0.2, 0.25) is 0 Å². The first-order chi connectivity index (χ1) is 13.3. The topological polar surface area (TPSA) is 58.4 Å². The molecule has 7 heteroatoms. The zero-order chi connectivity index (χ0) is 19.9.